The van der Waals surface area contributed by atoms with Crippen molar-refractivity contribution in [3.8, 4) is 6.07 Å². The summed E-state index contributed by atoms with van der Waals surface area (Å²) >= 11 is 1.65. The Hall–Kier alpha value is -1.08. The summed E-state index contributed by atoms with van der Waals surface area (Å²) < 4.78 is 0. The van der Waals surface area contributed by atoms with Crippen molar-refractivity contribution in [1.82, 2.24) is 4.98 Å². The molecule has 0 unspecified atom stereocenters. The Bertz CT molecular complexity index is 361. The normalized spacial score (nSPS) is 16.2. The second-order valence-electron chi connectivity index (χ2n) is 4.33. The number of aromatic nitrogens is 1. The van der Waals surface area contributed by atoms with Crippen LogP contribution in [-0.2, 0) is 6.42 Å². The first-order valence-electron chi connectivity index (χ1n) is 5.93. The maximum absolute atomic E-state index is 8.43. The van der Waals surface area contributed by atoms with Gasteiger partial charge in [-0.3, -0.25) is 0 Å². The summed E-state index contributed by atoms with van der Waals surface area (Å²) in [5.74, 6) is 0.856. The maximum atomic E-state index is 8.43. The lowest BCUT2D eigenvalue weighted by Crippen LogP contribution is -2.01. The van der Waals surface area contributed by atoms with Crippen molar-refractivity contribution in [2.24, 2.45) is 5.92 Å². The molecule has 2 rings (SSSR count). The Morgan fingerprint density at radius 1 is 1.50 bits per heavy atom. The minimum Gasteiger partial charge on any atom is -0.360 e. The molecule has 1 heterocycles. The van der Waals surface area contributed by atoms with Crippen LogP contribution in [-0.4, -0.2) is 11.5 Å². The summed E-state index contributed by atoms with van der Waals surface area (Å²) in [6, 6.07) is 2.12. The molecule has 0 aliphatic heterocycles. The van der Waals surface area contributed by atoms with Gasteiger partial charge < -0.3 is 5.32 Å². The zero-order valence-corrected chi connectivity index (χ0v) is 10.2. The van der Waals surface area contributed by atoms with Crippen molar-refractivity contribution in [2.45, 2.75) is 38.5 Å². The number of rotatable bonds is 5. The largest absolute Gasteiger partial charge is 0.360 e. The van der Waals surface area contributed by atoms with Crippen LogP contribution in [0.25, 0.3) is 0 Å². The fourth-order valence-corrected chi connectivity index (χ4v) is 2.97. The van der Waals surface area contributed by atoms with Crippen molar-refractivity contribution in [2.75, 3.05) is 11.9 Å². The molecule has 0 atom stereocenters. The standard InChI is InChI=1S/C12H17N3S/c13-6-3-7-14-12-15-11(9-16-12)8-10-4-1-2-5-10/h9-10H,1-5,7-8H2,(H,14,15). The van der Waals surface area contributed by atoms with Gasteiger partial charge in [-0.1, -0.05) is 25.7 Å². The van der Waals surface area contributed by atoms with Gasteiger partial charge in [0.25, 0.3) is 0 Å². The summed E-state index contributed by atoms with van der Waals surface area (Å²) in [6.07, 6.45) is 7.20. The number of anilines is 1. The number of hydrogen-bond donors (Lipinski definition) is 1. The van der Waals surface area contributed by atoms with Gasteiger partial charge in [-0.15, -0.1) is 11.3 Å². The number of thiazole rings is 1. The molecule has 0 radical (unpaired) electrons. The van der Waals surface area contributed by atoms with E-state index in [1.807, 2.05) is 0 Å². The van der Waals surface area contributed by atoms with Crippen LogP contribution in [0, 0.1) is 17.2 Å². The molecule has 3 nitrogen and oxygen atoms in total. The highest BCUT2D eigenvalue weighted by atomic mass is 32.1. The molecule has 86 valence electrons. The molecule has 1 aromatic heterocycles. The highest BCUT2D eigenvalue weighted by Crippen LogP contribution is 2.28. The zero-order chi connectivity index (χ0) is 11.2. The Morgan fingerprint density at radius 3 is 3.06 bits per heavy atom. The van der Waals surface area contributed by atoms with Gasteiger partial charge in [0.2, 0.25) is 0 Å². The molecular formula is C12H17N3S. The van der Waals surface area contributed by atoms with Crippen molar-refractivity contribution < 1.29 is 0 Å². The van der Waals surface area contributed by atoms with Gasteiger partial charge in [0.15, 0.2) is 5.13 Å². The number of nitrogens with zero attached hydrogens (tertiary/aromatic N) is 2. The molecule has 1 N–H and O–H groups in total. The van der Waals surface area contributed by atoms with Crippen LogP contribution in [0.2, 0.25) is 0 Å². The van der Waals surface area contributed by atoms with Crippen LogP contribution in [0.3, 0.4) is 0 Å². The van der Waals surface area contributed by atoms with Crippen LogP contribution in [0.15, 0.2) is 5.38 Å². The van der Waals surface area contributed by atoms with Gasteiger partial charge >= 0.3 is 0 Å². The van der Waals surface area contributed by atoms with E-state index in [0.29, 0.717) is 13.0 Å². The summed E-state index contributed by atoms with van der Waals surface area (Å²) in [5, 5.41) is 14.7. The van der Waals surface area contributed by atoms with Gasteiger partial charge in [0.05, 0.1) is 18.2 Å². The minimum absolute atomic E-state index is 0.539. The first kappa shape index (κ1) is 11.4. The summed E-state index contributed by atoms with van der Waals surface area (Å²) in [7, 11) is 0. The average Bonchev–Trinajstić information content (AvgIpc) is 2.91. The summed E-state index contributed by atoms with van der Waals surface area (Å²) in [6.45, 7) is 0.701. The van der Waals surface area contributed by atoms with Gasteiger partial charge in [-0.2, -0.15) is 5.26 Å². The molecule has 0 aromatic carbocycles. The third-order valence-corrected chi connectivity index (χ3v) is 3.89. The van der Waals surface area contributed by atoms with E-state index in [1.54, 1.807) is 11.3 Å². The van der Waals surface area contributed by atoms with Crippen molar-refractivity contribution in [1.29, 1.82) is 5.26 Å². The van der Waals surface area contributed by atoms with E-state index >= 15 is 0 Å². The number of nitrogens with one attached hydrogen (secondary N) is 1. The van der Waals surface area contributed by atoms with E-state index in [1.165, 1.54) is 31.4 Å². The lowest BCUT2D eigenvalue weighted by molar-refractivity contribution is 0.541. The predicted octanol–water partition coefficient (Wildman–Crippen LogP) is 3.20. The summed E-state index contributed by atoms with van der Waals surface area (Å²) in [4.78, 5) is 4.54. The SMILES string of the molecule is N#CCCNc1nc(CC2CCCC2)cs1. The molecule has 0 spiro atoms. The van der Waals surface area contributed by atoms with E-state index < -0.39 is 0 Å². The quantitative estimate of drug-likeness (QED) is 0.797. The topological polar surface area (TPSA) is 48.7 Å². The van der Waals surface area contributed by atoms with Crippen LogP contribution in [0.5, 0.6) is 0 Å². The third kappa shape index (κ3) is 3.21. The fourth-order valence-electron chi connectivity index (χ4n) is 2.22. The molecule has 1 saturated carbocycles. The average molecular weight is 235 g/mol. The van der Waals surface area contributed by atoms with Gasteiger partial charge in [0, 0.05) is 11.9 Å². The first-order valence-corrected chi connectivity index (χ1v) is 6.81. The molecule has 0 bridgehead atoms. The second-order valence-corrected chi connectivity index (χ2v) is 5.19. The van der Waals surface area contributed by atoms with E-state index in [-0.39, 0.29) is 0 Å². The van der Waals surface area contributed by atoms with E-state index in [0.717, 1.165) is 17.5 Å². The van der Waals surface area contributed by atoms with Gasteiger partial charge in [-0.05, 0) is 12.3 Å². The van der Waals surface area contributed by atoms with E-state index in [9.17, 15) is 0 Å². The molecule has 1 aliphatic rings. The van der Waals surface area contributed by atoms with E-state index in [2.05, 4.69) is 21.8 Å². The predicted molar refractivity (Wildman–Crippen MR) is 66.5 cm³/mol. The highest BCUT2D eigenvalue weighted by molar-refractivity contribution is 7.13. The maximum Gasteiger partial charge on any atom is 0.182 e. The van der Waals surface area contributed by atoms with E-state index in [4.69, 9.17) is 5.26 Å². The Balaban J connectivity index is 1.80. The Morgan fingerprint density at radius 2 is 2.31 bits per heavy atom. The lowest BCUT2D eigenvalue weighted by Gasteiger charge is -2.04. The minimum atomic E-state index is 0.539. The molecule has 0 amide bonds. The Labute approximate surface area is 101 Å². The van der Waals surface area contributed by atoms with Crippen molar-refractivity contribution in [3.05, 3.63) is 11.1 Å². The van der Waals surface area contributed by atoms with Crippen molar-refractivity contribution >= 4 is 16.5 Å². The second kappa shape index (κ2) is 5.86. The number of nitriles is 1. The molecule has 4 heteroatoms. The molecule has 1 fully saturated rings. The van der Waals surface area contributed by atoms with Crippen LogP contribution in [0.4, 0.5) is 5.13 Å². The number of hydrogen-bond acceptors (Lipinski definition) is 4. The summed E-state index contributed by atoms with van der Waals surface area (Å²) in [5.41, 5.74) is 1.22. The zero-order valence-electron chi connectivity index (χ0n) is 9.41. The first-order chi connectivity index (χ1) is 7.88. The van der Waals surface area contributed by atoms with Crippen LogP contribution >= 0.6 is 11.3 Å². The molecule has 1 aromatic rings. The molecule has 16 heavy (non-hydrogen) atoms. The highest BCUT2D eigenvalue weighted by Gasteiger charge is 2.16. The van der Waals surface area contributed by atoms with Gasteiger partial charge in [0.1, 0.15) is 0 Å². The monoisotopic (exact) mass is 235 g/mol. The molecular weight excluding hydrogens is 218 g/mol. The van der Waals surface area contributed by atoms with Crippen LogP contribution in [0.1, 0.15) is 37.8 Å². The fraction of sp³-hybridized carbons (Fsp3) is 0.667. The lowest BCUT2D eigenvalue weighted by atomic mass is 10.0. The van der Waals surface area contributed by atoms with Gasteiger partial charge in [-0.25, -0.2) is 4.98 Å². The molecule has 0 saturated heterocycles. The van der Waals surface area contributed by atoms with Crippen molar-refractivity contribution in [3.63, 3.8) is 0 Å². The Kier molecular flexibility index (Phi) is 4.17. The third-order valence-electron chi connectivity index (χ3n) is 3.04. The molecule has 1 aliphatic carbocycles. The van der Waals surface area contributed by atoms with Crippen LogP contribution < -0.4 is 5.32 Å². The smallest absolute Gasteiger partial charge is 0.182 e.